The first kappa shape index (κ1) is 19.4. The number of rotatable bonds is 5. The summed E-state index contributed by atoms with van der Waals surface area (Å²) in [6, 6.07) is 0. The van der Waals surface area contributed by atoms with Crippen molar-refractivity contribution in [3.05, 3.63) is 28.9 Å². The molecule has 0 bridgehead atoms. The summed E-state index contributed by atoms with van der Waals surface area (Å²) in [5, 5.41) is 7.57. The first-order valence-electron chi connectivity index (χ1n) is 9.68. The van der Waals surface area contributed by atoms with Crippen molar-refractivity contribution in [2.45, 2.75) is 40.0 Å². The fourth-order valence-corrected chi connectivity index (χ4v) is 4.00. The summed E-state index contributed by atoms with van der Waals surface area (Å²) in [4.78, 5) is 33.4. The Hall–Kier alpha value is -2.88. The minimum absolute atomic E-state index is 0.0302. The SMILES string of the molecule is CCc1noc(-c2cnc(C)nc2N2CCC(C(=O)Nc3ncc(C)s3)CC2)n1. The zero-order chi connectivity index (χ0) is 20.4. The van der Waals surface area contributed by atoms with E-state index >= 15 is 0 Å². The molecule has 0 spiro atoms. The van der Waals surface area contributed by atoms with Gasteiger partial charge in [0.05, 0.1) is 0 Å². The van der Waals surface area contributed by atoms with Crippen LogP contribution in [0.2, 0.25) is 0 Å². The molecule has 0 unspecified atom stereocenters. The smallest absolute Gasteiger partial charge is 0.263 e. The van der Waals surface area contributed by atoms with E-state index in [1.165, 1.54) is 11.3 Å². The van der Waals surface area contributed by atoms with Crippen LogP contribution in [0.4, 0.5) is 10.9 Å². The molecule has 4 rings (SSSR count). The lowest BCUT2D eigenvalue weighted by Gasteiger charge is -2.32. The van der Waals surface area contributed by atoms with Gasteiger partial charge in [-0.2, -0.15) is 4.98 Å². The third-order valence-electron chi connectivity index (χ3n) is 4.92. The number of piperidine rings is 1. The standard InChI is InChI=1S/C19H23N7O2S/c1-4-15-23-18(28-25-15)14-10-20-12(3)22-16(14)26-7-5-13(6-8-26)17(27)24-19-21-9-11(2)29-19/h9-10,13H,4-8H2,1-3H3,(H,21,24,27). The zero-order valence-corrected chi connectivity index (χ0v) is 17.5. The van der Waals surface area contributed by atoms with Crippen LogP contribution in [0.5, 0.6) is 0 Å². The molecule has 4 heterocycles. The molecule has 3 aromatic heterocycles. The van der Waals surface area contributed by atoms with E-state index in [9.17, 15) is 4.79 Å². The highest BCUT2D eigenvalue weighted by Crippen LogP contribution is 2.31. The summed E-state index contributed by atoms with van der Waals surface area (Å²) in [5.74, 6) is 2.52. The molecule has 0 saturated carbocycles. The monoisotopic (exact) mass is 413 g/mol. The van der Waals surface area contributed by atoms with Gasteiger partial charge in [0.25, 0.3) is 5.89 Å². The molecule has 1 fully saturated rings. The Bertz CT molecular complexity index is 1010. The highest BCUT2D eigenvalue weighted by Gasteiger charge is 2.28. The summed E-state index contributed by atoms with van der Waals surface area (Å²) in [6.45, 7) is 7.24. The van der Waals surface area contributed by atoms with E-state index in [0.717, 1.165) is 29.1 Å². The first-order valence-corrected chi connectivity index (χ1v) is 10.5. The van der Waals surface area contributed by atoms with Gasteiger partial charge in [0.1, 0.15) is 17.2 Å². The normalized spacial score (nSPS) is 14.9. The van der Waals surface area contributed by atoms with Crippen LogP contribution in [0.1, 0.15) is 36.3 Å². The number of amides is 1. The molecule has 1 N–H and O–H groups in total. The topological polar surface area (TPSA) is 110 Å². The molecule has 1 aliphatic heterocycles. The van der Waals surface area contributed by atoms with Crippen molar-refractivity contribution >= 4 is 28.2 Å². The molecule has 1 amide bonds. The fourth-order valence-electron chi connectivity index (χ4n) is 3.33. The van der Waals surface area contributed by atoms with Crippen molar-refractivity contribution in [3.8, 4) is 11.5 Å². The Labute approximate surface area is 172 Å². The molecule has 0 atom stereocenters. The first-order chi connectivity index (χ1) is 14.0. The zero-order valence-electron chi connectivity index (χ0n) is 16.7. The molecular weight excluding hydrogens is 390 g/mol. The predicted octanol–water partition coefficient (Wildman–Crippen LogP) is 3.02. The Morgan fingerprint density at radius 1 is 1.24 bits per heavy atom. The van der Waals surface area contributed by atoms with Gasteiger partial charge in [-0.25, -0.2) is 15.0 Å². The van der Waals surface area contributed by atoms with Gasteiger partial charge in [0.2, 0.25) is 5.91 Å². The van der Waals surface area contributed by atoms with Gasteiger partial charge in [0, 0.05) is 42.7 Å². The summed E-state index contributed by atoms with van der Waals surface area (Å²) in [5.41, 5.74) is 0.726. The second kappa shape index (κ2) is 8.24. The lowest BCUT2D eigenvalue weighted by atomic mass is 9.96. The Kier molecular flexibility index (Phi) is 5.52. The van der Waals surface area contributed by atoms with Crippen molar-refractivity contribution in [2.75, 3.05) is 23.3 Å². The molecule has 1 aliphatic rings. The highest BCUT2D eigenvalue weighted by atomic mass is 32.1. The van der Waals surface area contributed by atoms with Crippen molar-refractivity contribution < 1.29 is 9.32 Å². The molecule has 0 aromatic carbocycles. The molecule has 10 heteroatoms. The van der Waals surface area contributed by atoms with Gasteiger partial charge in [-0.05, 0) is 26.7 Å². The average Bonchev–Trinajstić information content (AvgIpc) is 3.37. The molecule has 0 radical (unpaired) electrons. The van der Waals surface area contributed by atoms with Gasteiger partial charge >= 0.3 is 0 Å². The minimum Gasteiger partial charge on any atom is -0.356 e. The van der Waals surface area contributed by atoms with Gasteiger partial charge in [-0.15, -0.1) is 11.3 Å². The number of nitrogens with zero attached hydrogens (tertiary/aromatic N) is 6. The fraction of sp³-hybridized carbons (Fsp3) is 0.474. The Morgan fingerprint density at radius 3 is 2.69 bits per heavy atom. The number of aryl methyl sites for hydroxylation is 3. The van der Waals surface area contributed by atoms with Crippen molar-refractivity contribution in [2.24, 2.45) is 5.92 Å². The predicted molar refractivity (Wildman–Crippen MR) is 110 cm³/mol. The van der Waals surface area contributed by atoms with Crippen LogP contribution in [-0.4, -0.2) is 44.1 Å². The molecule has 1 saturated heterocycles. The van der Waals surface area contributed by atoms with Gasteiger partial charge in [-0.1, -0.05) is 12.1 Å². The maximum absolute atomic E-state index is 12.6. The Morgan fingerprint density at radius 2 is 2.03 bits per heavy atom. The van der Waals surface area contributed by atoms with E-state index in [2.05, 4.69) is 35.3 Å². The largest absolute Gasteiger partial charge is 0.356 e. The van der Waals surface area contributed by atoms with Crippen LogP contribution in [0.15, 0.2) is 16.9 Å². The summed E-state index contributed by atoms with van der Waals surface area (Å²) in [6.07, 6.45) is 5.67. The van der Waals surface area contributed by atoms with Crippen molar-refractivity contribution in [3.63, 3.8) is 0 Å². The van der Waals surface area contributed by atoms with Crippen LogP contribution >= 0.6 is 11.3 Å². The molecule has 29 heavy (non-hydrogen) atoms. The number of hydrogen-bond acceptors (Lipinski definition) is 9. The van der Waals surface area contributed by atoms with E-state index in [1.54, 1.807) is 12.4 Å². The molecule has 0 aliphatic carbocycles. The number of anilines is 2. The van der Waals surface area contributed by atoms with E-state index in [4.69, 9.17) is 4.52 Å². The quantitative estimate of drug-likeness (QED) is 0.680. The second-order valence-electron chi connectivity index (χ2n) is 7.05. The van der Waals surface area contributed by atoms with Gasteiger partial charge < -0.3 is 14.7 Å². The van der Waals surface area contributed by atoms with Gasteiger partial charge in [0.15, 0.2) is 11.0 Å². The number of thiazole rings is 1. The van der Waals surface area contributed by atoms with Crippen LogP contribution in [0.3, 0.4) is 0 Å². The van der Waals surface area contributed by atoms with Crippen molar-refractivity contribution in [1.29, 1.82) is 0 Å². The highest BCUT2D eigenvalue weighted by molar-refractivity contribution is 7.15. The summed E-state index contributed by atoms with van der Waals surface area (Å²) >= 11 is 1.49. The molecule has 3 aromatic rings. The van der Waals surface area contributed by atoms with Crippen molar-refractivity contribution in [1.82, 2.24) is 25.1 Å². The third-order valence-corrected chi connectivity index (χ3v) is 5.75. The third kappa shape index (κ3) is 4.26. The van der Waals surface area contributed by atoms with E-state index in [0.29, 0.717) is 42.2 Å². The number of carbonyl (C=O) groups excluding carboxylic acids is 1. The van der Waals surface area contributed by atoms with Crippen LogP contribution < -0.4 is 10.2 Å². The lowest BCUT2D eigenvalue weighted by Crippen LogP contribution is -2.39. The molecule has 9 nitrogen and oxygen atoms in total. The average molecular weight is 414 g/mol. The van der Waals surface area contributed by atoms with Gasteiger partial charge in [-0.3, -0.25) is 4.79 Å². The van der Waals surface area contributed by atoms with Crippen LogP contribution in [0, 0.1) is 19.8 Å². The number of carbonyl (C=O) groups is 1. The molecular formula is C19H23N7O2S. The minimum atomic E-state index is -0.0445. The molecule has 152 valence electrons. The summed E-state index contributed by atoms with van der Waals surface area (Å²) in [7, 11) is 0. The second-order valence-corrected chi connectivity index (χ2v) is 8.29. The van der Waals surface area contributed by atoms with Crippen LogP contribution in [-0.2, 0) is 11.2 Å². The van der Waals surface area contributed by atoms with E-state index in [-0.39, 0.29) is 11.8 Å². The maximum Gasteiger partial charge on any atom is 0.263 e. The number of nitrogens with one attached hydrogen (secondary N) is 1. The van der Waals surface area contributed by atoms with E-state index in [1.807, 2.05) is 20.8 Å². The maximum atomic E-state index is 12.6. The number of hydrogen-bond donors (Lipinski definition) is 1. The van der Waals surface area contributed by atoms with Crippen LogP contribution in [0.25, 0.3) is 11.5 Å². The summed E-state index contributed by atoms with van der Waals surface area (Å²) < 4.78 is 5.40. The van der Waals surface area contributed by atoms with E-state index < -0.39 is 0 Å². The Balaban J connectivity index is 1.47. The lowest BCUT2D eigenvalue weighted by molar-refractivity contribution is -0.120. The number of aromatic nitrogens is 5.